The first-order chi connectivity index (χ1) is 13.5. The molecule has 1 unspecified atom stereocenters. The molecule has 2 aromatic carbocycles. The van der Waals surface area contributed by atoms with Crippen molar-refractivity contribution in [1.82, 2.24) is 15.5 Å². The Labute approximate surface area is 167 Å². The minimum absolute atomic E-state index is 0.198. The third-order valence-electron chi connectivity index (χ3n) is 4.78. The highest BCUT2D eigenvalue weighted by Crippen LogP contribution is 2.21. The Morgan fingerprint density at radius 2 is 1.79 bits per heavy atom. The van der Waals surface area contributed by atoms with E-state index in [0.717, 1.165) is 30.2 Å². The zero-order valence-electron chi connectivity index (χ0n) is 17.0. The van der Waals surface area contributed by atoms with E-state index in [1.807, 2.05) is 42.1 Å². The number of nitrogens with zero attached hydrogens (tertiary/aromatic N) is 2. The molecule has 0 radical (unpaired) electrons. The standard InChI is InChI=1S/C22H29N5O/c1-16-5-9-18(10-6-16)27-20(23)15-21(26(2)3)25-22(27)24-14-13-17-7-11-19(28-4)12-8-17/h5-12,15,22-25H,13-14H2,1-4H3. The van der Waals surface area contributed by atoms with Crippen LogP contribution >= 0.6 is 0 Å². The summed E-state index contributed by atoms with van der Waals surface area (Å²) in [6.45, 7) is 2.85. The number of amidine groups is 1. The maximum Gasteiger partial charge on any atom is 0.162 e. The number of rotatable bonds is 7. The second kappa shape index (κ2) is 8.80. The Balaban J connectivity index is 1.73. The van der Waals surface area contributed by atoms with Gasteiger partial charge < -0.3 is 15.0 Å². The van der Waals surface area contributed by atoms with Crippen molar-refractivity contribution in [2.45, 2.75) is 19.6 Å². The fraction of sp³-hybridized carbons (Fsp3) is 0.318. The van der Waals surface area contributed by atoms with Crippen LogP contribution in [0.4, 0.5) is 5.69 Å². The van der Waals surface area contributed by atoms with Crippen LogP contribution in [-0.4, -0.2) is 44.8 Å². The Hall–Kier alpha value is -2.99. The Kier molecular flexibility index (Phi) is 6.21. The number of nitrogens with one attached hydrogen (secondary N) is 3. The van der Waals surface area contributed by atoms with Crippen molar-refractivity contribution in [3.63, 3.8) is 0 Å². The van der Waals surface area contributed by atoms with E-state index in [1.165, 1.54) is 11.1 Å². The molecule has 0 amide bonds. The van der Waals surface area contributed by atoms with Crippen molar-refractivity contribution in [3.05, 3.63) is 71.6 Å². The Morgan fingerprint density at radius 1 is 1.11 bits per heavy atom. The monoisotopic (exact) mass is 379 g/mol. The number of anilines is 1. The molecule has 3 rings (SSSR count). The molecule has 1 atom stereocenters. The summed E-state index contributed by atoms with van der Waals surface area (Å²) in [6, 6.07) is 16.4. The molecule has 0 fully saturated rings. The molecule has 0 aromatic heterocycles. The van der Waals surface area contributed by atoms with Gasteiger partial charge in [0.1, 0.15) is 17.4 Å². The van der Waals surface area contributed by atoms with E-state index >= 15 is 0 Å². The van der Waals surface area contributed by atoms with Crippen LogP contribution in [0.1, 0.15) is 11.1 Å². The molecule has 3 N–H and O–H groups in total. The topological polar surface area (TPSA) is 63.6 Å². The van der Waals surface area contributed by atoms with E-state index < -0.39 is 0 Å². The maximum atomic E-state index is 8.56. The minimum atomic E-state index is -0.198. The molecule has 6 heteroatoms. The molecule has 1 heterocycles. The lowest BCUT2D eigenvalue weighted by Crippen LogP contribution is -2.61. The molecule has 1 aliphatic rings. The van der Waals surface area contributed by atoms with Crippen LogP contribution in [0.2, 0.25) is 0 Å². The number of hydrogen-bond donors (Lipinski definition) is 3. The summed E-state index contributed by atoms with van der Waals surface area (Å²) < 4.78 is 5.22. The highest BCUT2D eigenvalue weighted by Gasteiger charge is 2.27. The quantitative estimate of drug-likeness (QED) is 0.690. The lowest BCUT2D eigenvalue weighted by molar-refractivity contribution is 0.382. The molecule has 0 saturated carbocycles. The van der Waals surface area contributed by atoms with Crippen LogP contribution < -0.4 is 20.3 Å². The summed E-state index contributed by atoms with van der Waals surface area (Å²) in [4.78, 5) is 3.96. The summed E-state index contributed by atoms with van der Waals surface area (Å²) in [7, 11) is 5.62. The van der Waals surface area contributed by atoms with Crippen molar-refractivity contribution >= 4 is 11.5 Å². The number of hydrogen-bond acceptors (Lipinski definition) is 5. The van der Waals surface area contributed by atoms with Gasteiger partial charge in [0.15, 0.2) is 6.29 Å². The largest absolute Gasteiger partial charge is 0.497 e. The van der Waals surface area contributed by atoms with Crippen molar-refractivity contribution in [1.29, 1.82) is 5.41 Å². The van der Waals surface area contributed by atoms with Crippen LogP contribution in [0, 0.1) is 12.3 Å². The first-order valence-corrected chi connectivity index (χ1v) is 9.44. The van der Waals surface area contributed by atoms with Crippen molar-refractivity contribution in [2.24, 2.45) is 0 Å². The number of methoxy groups -OCH3 is 1. The van der Waals surface area contributed by atoms with Gasteiger partial charge in [-0.2, -0.15) is 0 Å². The molecule has 6 nitrogen and oxygen atoms in total. The molecule has 0 aliphatic carbocycles. The van der Waals surface area contributed by atoms with Crippen LogP contribution in [0.25, 0.3) is 0 Å². The van der Waals surface area contributed by atoms with E-state index in [9.17, 15) is 0 Å². The normalized spacial score (nSPS) is 16.4. The van der Waals surface area contributed by atoms with Gasteiger partial charge in [-0.3, -0.25) is 15.6 Å². The lowest BCUT2D eigenvalue weighted by atomic mass is 10.1. The Morgan fingerprint density at radius 3 is 2.39 bits per heavy atom. The first-order valence-electron chi connectivity index (χ1n) is 9.44. The number of aryl methyl sites for hydroxylation is 1. The zero-order valence-corrected chi connectivity index (χ0v) is 17.0. The van der Waals surface area contributed by atoms with Gasteiger partial charge in [-0.05, 0) is 43.2 Å². The molecular weight excluding hydrogens is 350 g/mol. The van der Waals surface area contributed by atoms with Gasteiger partial charge in [0, 0.05) is 32.4 Å². The summed E-state index contributed by atoms with van der Waals surface area (Å²) in [5.41, 5.74) is 3.43. The molecule has 148 valence electrons. The van der Waals surface area contributed by atoms with E-state index in [1.54, 1.807) is 7.11 Å². The molecule has 2 aromatic rings. The summed E-state index contributed by atoms with van der Waals surface area (Å²) >= 11 is 0. The molecule has 28 heavy (non-hydrogen) atoms. The second-order valence-corrected chi connectivity index (χ2v) is 7.11. The van der Waals surface area contributed by atoms with Gasteiger partial charge in [0.25, 0.3) is 0 Å². The van der Waals surface area contributed by atoms with Crippen molar-refractivity contribution in [2.75, 3.05) is 32.6 Å². The second-order valence-electron chi connectivity index (χ2n) is 7.11. The smallest absolute Gasteiger partial charge is 0.162 e. The SMILES string of the molecule is COc1ccc(CCNC2NC(N(C)C)=CC(=N)N2c2ccc(C)cc2)cc1. The van der Waals surface area contributed by atoms with Crippen LogP contribution in [0.5, 0.6) is 5.75 Å². The summed E-state index contributed by atoms with van der Waals surface area (Å²) in [6.07, 6.45) is 2.54. The molecule has 0 spiro atoms. The average molecular weight is 380 g/mol. The predicted octanol–water partition coefficient (Wildman–Crippen LogP) is 2.91. The van der Waals surface area contributed by atoms with Crippen molar-refractivity contribution in [3.8, 4) is 5.75 Å². The Bertz CT molecular complexity index is 827. The van der Waals surface area contributed by atoms with E-state index in [0.29, 0.717) is 5.84 Å². The average Bonchev–Trinajstić information content (AvgIpc) is 2.69. The van der Waals surface area contributed by atoms with Crippen molar-refractivity contribution < 1.29 is 4.74 Å². The van der Waals surface area contributed by atoms with Crippen LogP contribution in [-0.2, 0) is 6.42 Å². The first kappa shape index (κ1) is 19.8. The lowest BCUT2D eigenvalue weighted by Gasteiger charge is -2.40. The van der Waals surface area contributed by atoms with Gasteiger partial charge in [-0.15, -0.1) is 0 Å². The molecule has 0 bridgehead atoms. The fourth-order valence-corrected chi connectivity index (χ4v) is 3.12. The maximum absolute atomic E-state index is 8.56. The predicted molar refractivity (Wildman–Crippen MR) is 115 cm³/mol. The third-order valence-corrected chi connectivity index (χ3v) is 4.78. The minimum Gasteiger partial charge on any atom is -0.497 e. The van der Waals surface area contributed by atoms with E-state index in [2.05, 4.69) is 54.0 Å². The van der Waals surface area contributed by atoms with E-state index in [-0.39, 0.29) is 6.29 Å². The number of benzene rings is 2. The highest BCUT2D eigenvalue weighted by atomic mass is 16.5. The van der Waals surface area contributed by atoms with Gasteiger partial charge in [0.2, 0.25) is 0 Å². The molecular formula is C22H29N5O. The van der Waals surface area contributed by atoms with Gasteiger partial charge in [-0.1, -0.05) is 29.8 Å². The fourth-order valence-electron chi connectivity index (χ4n) is 3.12. The highest BCUT2D eigenvalue weighted by molar-refractivity contribution is 6.05. The summed E-state index contributed by atoms with van der Waals surface area (Å²) in [5, 5.41) is 15.6. The van der Waals surface area contributed by atoms with Gasteiger partial charge in [0.05, 0.1) is 7.11 Å². The van der Waals surface area contributed by atoms with Crippen LogP contribution in [0.15, 0.2) is 60.4 Å². The van der Waals surface area contributed by atoms with E-state index in [4.69, 9.17) is 10.1 Å². The third kappa shape index (κ3) is 4.64. The van der Waals surface area contributed by atoms with Gasteiger partial charge in [-0.25, -0.2) is 0 Å². The van der Waals surface area contributed by atoms with Gasteiger partial charge >= 0.3 is 0 Å². The molecule has 1 aliphatic heterocycles. The molecule has 0 saturated heterocycles. The zero-order chi connectivity index (χ0) is 20.1. The number of ether oxygens (including phenoxy) is 1. The summed E-state index contributed by atoms with van der Waals surface area (Å²) in [5.74, 6) is 2.23. The van der Waals surface area contributed by atoms with Crippen LogP contribution in [0.3, 0.4) is 0 Å².